The largest absolute Gasteiger partial charge is 0.489 e. The Labute approximate surface area is 830 Å². The van der Waals surface area contributed by atoms with Gasteiger partial charge >= 0.3 is 30.2 Å². The number of benzene rings is 5. The van der Waals surface area contributed by atoms with Crippen LogP contribution in [0.2, 0.25) is 0 Å². The summed E-state index contributed by atoms with van der Waals surface area (Å²) in [7, 11) is -20.1. The van der Waals surface area contributed by atoms with E-state index in [1.54, 1.807) is 0 Å². The highest BCUT2D eigenvalue weighted by Crippen LogP contribution is 2.47. The van der Waals surface area contributed by atoms with E-state index in [2.05, 4.69) is 105 Å². The average molecular weight is 2100 g/mol. The Morgan fingerprint density at radius 1 is 0.264 bits per heavy atom. The monoisotopic (exact) mass is 2100 g/mol. The molecule has 10 amide bonds. The van der Waals surface area contributed by atoms with Crippen LogP contribution in [0.4, 0.5) is 52.4 Å². The molecule has 10 heterocycles. The molecule has 140 heavy (non-hydrogen) atoms. The number of nitrogens with one attached hydrogen (secondary N) is 10. The summed E-state index contributed by atoms with van der Waals surface area (Å²) in [6.07, 6.45) is 35.9. The van der Waals surface area contributed by atoms with E-state index in [1.165, 1.54) is 55.6 Å². The molecule has 25 rings (SSSR count). The van der Waals surface area contributed by atoms with E-state index in [4.69, 9.17) is 23.7 Å². The summed E-state index contributed by atoms with van der Waals surface area (Å²) in [5.74, 6) is 0.661. The van der Waals surface area contributed by atoms with Crippen molar-refractivity contribution in [1.29, 1.82) is 0 Å². The van der Waals surface area contributed by atoms with E-state index >= 15 is 0 Å². The molecule has 10 N–H and O–H groups in total. The van der Waals surface area contributed by atoms with E-state index in [1.807, 2.05) is 0 Å². The molecule has 15 aliphatic rings. The Hall–Kier alpha value is -10.3. The smallest absolute Gasteiger partial charge is 0.333 e. The van der Waals surface area contributed by atoms with Crippen molar-refractivity contribution in [2.24, 2.45) is 0 Å². The molecule has 0 radical (unpaired) electrons. The van der Waals surface area contributed by atoms with Gasteiger partial charge in [0.1, 0.15) is 0 Å². The second-order valence-electron chi connectivity index (χ2n) is 37.3. The maximum atomic E-state index is 12.8. The third-order valence-corrected chi connectivity index (χ3v) is 42.0. The summed E-state index contributed by atoms with van der Waals surface area (Å²) in [4.78, 5) is 82.1. The number of anilines is 5. The van der Waals surface area contributed by atoms with Crippen molar-refractivity contribution in [3.05, 3.63) is 179 Å². The van der Waals surface area contributed by atoms with E-state index in [0.29, 0.717) is 100.0 Å². The molecule has 0 saturated heterocycles. The SMILES string of the molecule is O=C(Nc1c2c(cc3c1CCC3)CCC2)NS(=O)(=O)c1nc2c(s1)CCCO2.O=C(Nc1c2c(cc3c1CCC3)CCC2)NS(=O)(=O)c1nc2c(s1)CCOC2.O=C(Nc1c2c(cc3c1CCC3)CCC2)NS(=O)(=O)c1nc2c(s1)COCC2.O=C(Nc1c2c(cc3c1CCC3)CCC2)NS(=O)(=O)c1nc2c(s1)OCCC2.O=C(Nc1c2c(cc3c1CCC3)CCC2)NS(=O)(=O)c1snc2c1OCCC2. The second-order valence-corrected chi connectivity index (χ2v) is 51.6. The Morgan fingerprint density at radius 2 is 0.571 bits per heavy atom. The van der Waals surface area contributed by atoms with Crippen LogP contribution in [0, 0.1) is 0 Å². The fraction of sp³-hybridized carbons (Fsp3) is 0.474. The zero-order valence-corrected chi connectivity index (χ0v) is 84.9. The van der Waals surface area contributed by atoms with Gasteiger partial charge in [0.2, 0.25) is 27.4 Å². The first-order chi connectivity index (χ1) is 67.6. The second kappa shape index (κ2) is 39.8. The summed E-state index contributed by atoms with van der Waals surface area (Å²) in [6, 6.07) is 7.71. The predicted molar refractivity (Wildman–Crippen MR) is 528 cm³/mol. The fourth-order valence-electron chi connectivity index (χ4n) is 22.0. The number of thiazole rings is 4. The number of hydrogen-bond acceptors (Lipinski definition) is 30. The number of fused-ring (bicyclic) bond motifs is 15. The first-order valence-electron chi connectivity index (χ1n) is 48.1. The standard InChI is InChI=1S/5C19H21N3O4S2/c23-18(22-28(24,25)19-21-17-15(27-19)8-3-9-26-17)20-16-13-6-1-4-11(13)10-12-5-2-7-14(12)16;23-18(22-28(24,25)19-20-15-8-3-9-26-17(15)27-19)21-16-13-6-1-4-11(13)10-12-5-2-7-14(12)16;23-19(22-28(24,25)18-17-15(21-27-18)8-3-9-26-17)20-16-13-6-1-4-11(13)10-12-5-2-7-14(12)16;23-18(22-28(24,25)19-20-15-10-26-8-7-16(15)27-19)21-17-13-5-1-3-11(13)9-12-4-2-6-14(12)17;23-18(22-28(24,25)19-20-15-7-8-26-10-16(15)27-19)21-17-13-5-1-3-11(13)9-12-4-2-6-14(12)17/h10H,1-9H2,(H2,20,22,23);10H,1-9H2,(H2,21,22,23);10H,1-9H2,(H2,20,22,23);2*9H,1-8,10H2,(H2,21,22,23). The Morgan fingerprint density at radius 3 is 0.943 bits per heavy atom. The molecule has 0 atom stereocenters. The lowest BCUT2D eigenvalue weighted by molar-refractivity contribution is 0.109. The lowest BCUT2D eigenvalue weighted by atomic mass is 9.99. The number of aryl methyl sites for hydroxylation is 13. The van der Waals surface area contributed by atoms with Crippen LogP contribution >= 0.6 is 56.9 Å². The average Bonchev–Trinajstić information content (AvgIpc) is 1.62. The molecule has 0 unspecified atom stereocenters. The Balaban J connectivity index is 0.000000104. The third kappa shape index (κ3) is 19.9. The normalized spacial score (nSPS) is 17.5. The number of sulfonamides is 5. The van der Waals surface area contributed by atoms with Crippen molar-refractivity contribution >= 4 is 166 Å². The maximum Gasteiger partial charge on any atom is 0.333 e. The van der Waals surface area contributed by atoms with Crippen molar-refractivity contribution in [3.8, 4) is 16.7 Å². The molecular weight excluding hydrogens is 1990 g/mol. The van der Waals surface area contributed by atoms with E-state index in [9.17, 15) is 66.1 Å². The van der Waals surface area contributed by atoms with Crippen LogP contribution in [0.3, 0.4) is 0 Å². The minimum atomic E-state index is -4.04. The highest BCUT2D eigenvalue weighted by atomic mass is 32.3. The third-order valence-electron chi connectivity index (χ3n) is 28.2. The van der Waals surface area contributed by atoms with Crippen LogP contribution in [-0.4, -0.2) is 130 Å². The Kier molecular flexibility index (Phi) is 27.2. The molecule has 5 aliphatic heterocycles. The Bertz CT molecular complexity index is 6420. The number of amides is 10. The van der Waals surface area contributed by atoms with Gasteiger partial charge in [-0.3, -0.25) is 0 Å². The molecule has 10 aromatic rings. The lowest BCUT2D eigenvalue weighted by Crippen LogP contribution is -2.35. The topological polar surface area (TPSA) is 487 Å². The van der Waals surface area contributed by atoms with Crippen molar-refractivity contribution in [1.82, 2.24) is 47.9 Å². The van der Waals surface area contributed by atoms with Crippen LogP contribution in [0.15, 0.2) is 51.9 Å². The zero-order valence-electron chi connectivity index (χ0n) is 76.7. The predicted octanol–water partition coefficient (Wildman–Crippen LogP) is 14.3. The minimum absolute atomic E-state index is 0.0270. The number of carbonyl (C=O) groups excluding carboxylic acids is 5. The molecule has 0 spiro atoms. The van der Waals surface area contributed by atoms with Gasteiger partial charge in [-0.25, -0.2) is 71.0 Å². The molecule has 0 bridgehead atoms. The van der Waals surface area contributed by atoms with Gasteiger partial charge in [-0.2, -0.15) is 43.0 Å². The van der Waals surface area contributed by atoms with Crippen LogP contribution in [0.5, 0.6) is 16.7 Å². The van der Waals surface area contributed by atoms with E-state index in [0.717, 1.165) is 380 Å². The van der Waals surface area contributed by atoms with Crippen molar-refractivity contribution < 1.29 is 89.7 Å². The molecule has 5 aromatic carbocycles. The quantitative estimate of drug-likeness (QED) is 0.0456. The summed E-state index contributed by atoms with van der Waals surface area (Å²) < 4.78 is 168. The highest BCUT2D eigenvalue weighted by molar-refractivity contribution is 7.93. The molecule has 45 heteroatoms. The highest BCUT2D eigenvalue weighted by Gasteiger charge is 2.39. The number of aromatic nitrogens is 5. The molecule has 10 aliphatic carbocycles. The zero-order chi connectivity index (χ0) is 96.5. The molecular formula is C95H105N15O20S10. The van der Waals surface area contributed by atoms with Crippen LogP contribution in [0.25, 0.3) is 0 Å². The number of rotatable bonds is 15. The van der Waals surface area contributed by atoms with Gasteiger partial charge in [0, 0.05) is 46.2 Å². The molecule has 0 fully saturated rings. The van der Waals surface area contributed by atoms with Crippen molar-refractivity contribution in [2.45, 2.75) is 279 Å². The lowest BCUT2D eigenvalue weighted by Gasteiger charge is -2.17. The summed E-state index contributed by atoms with van der Waals surface area (Å²) >= 11 is 5.06. The first kappa shape index (κ1) is 95.8. The van der Waals surface area contributed by atoms with E-state index < -0.39 is 80.3 Å². The van der Waals surface area contributed by atoms with Gasteiger partial charge in [0.25, 0.3) is 50.1 Å². The maximum absolute atomic E-state index is 12.8. The number of urea groups is 5. The van der Waals surface area contributed by atoms with Gasteiger partial charge in [-0.1, -0.05) is 41.7 Å². The van der Waals surface area contributed by atoms with Crippen molar-refractivity contribution in [3.63, 3.8) is 0 Å². The van der Waals surface area contributed by atoms with Gasteiger partial charge in [-0.15, -0.1) is 34.0 Å². The molecule has 35 nitrogen and oxygen atoms in total. The van der Waals surface area contributed by atoms with Gasteiger partial charge in [0.05, 0.1) is 78.8 Å². The van der Waals surface area contributed by atoms with Gasteiger partial charge in [0.15, 0.2) is 10.8 Å². The summed E-state index contributed by atoms with van der Waals surface area (Å²) in [5, 5.41) is 14.8. The number of carbonyl (C=O) groups is 5. The summed E-state index contributed by atoms with van der Waals surface area (Å²) in [6.45, 7) is 3.34. The molecule has 740 valence electrons. The van der Waals surface area contributed by atoms with Crippen molar-refractivity contribution in [2.75, 3.05) is 59.6 Å². The number of nitrogens with zero attached hydrogens (tertiary/aromatic N) is 5. The van der Waals surface area contributed by atoms with Crippen LogP contribution in [-0.2, 0) is 233 Å². The van der Waals surface area contributed by atoms with Crippen LogP contribution < -0.4 is 64.4 Å². The fourth-order valence-corrected chi connectivity index (χ4v) is 32.9. The number of hydrogen-bond donors (Lipinski definition) is 10. The van der Waals surface area contributed by atoms with Crippen LogP contribution in [0.1, 0.15) is 232 Å². The summed E-state index contributed by atoms with van der Waals surface area (Å²) in [5.41, 5.74) is 31.2. The minimum Gasteiger partial charge on any atom is -0.489 e. The van der Waals surface area contributed by atoms with Gasteiger partial charge < -0.3 is 50.3 Å². The molecule has 0 saturated carbocycles. The van der Waals surface area contributed by atoms with E-state index in [-0.39, 0.29) is 27.3 Å². The van der Waals surface area contributed by atoms with Gasteiger partial charge in [-0.05, 0) is 354 Å². The first-order valence-corrected chi connectivity index (χ1v) is 59.5. The molecule has 5 aromatic heterocycles. The number of ether oxygens (including phenoxy) is 5.